The van der Waals surface area contributed by atoms with Gasteiger partial charge >= 0.3 is 6.85 Å². The minimum Gasteiger partial charge on any atom is -0.456 e. The second-order valence-corrected chi connectivity index (χ2v) is 25.5. The van der Waals surface area contributed by atoms with Gasteiger partial charge in [-0.3, -0.25) is 0 Å². The second kappa shape index (κ2) is 15.1. The number of rotatable bonds is 3. The van der Waals surface area contributed by atoms with Gasteiger partial charge in [0, 0.05) is 81.7 Å². The van der Waals surface area contributed by atoms with E-state index in [1.807, 2.05) is 11.3 Å². The maximum absolute atomic E-state index is 6.74. The maximum atomic E-state index is 6.74. The van der Waals surface area contributed by atoms with E-state index in [1.54, 1.807) is 0 Å². The van der Waals surface area contributed by atoms with Gasteiger partial charge < -0.3 is 18.7 Å². The van der Waals surface area contributed by atoms with E-state index in [-0.39, 0.29) is 23.1 Å². The van der Waals surface area contributed by atoms with E-state index in [9.17, 15) is 0 Å². The topological polar surface area (TPSA) is 24.6 Å². The lowest BCUT2D eigenvalue weighted by molar-refractivity contribution is 0.332. The highest BCUT2D eigenvalue weighted by atomic mass is 32.1. The summed E-state index contributed by atoms with van der Waals surface area (Å²) in [5, 5.41) is 7.43. The Kier molecular flexibility index (Phi) is 8.78. The Bertz CT molecular complexity index is 4580. The molecular weight excluding hydrogens is 942 g/mol. The van der Waals surface area contributed by atoms with Gasteiger partial charge in [0.2, 0.25) is 0 Å². The van der Waals surface area contributed by atoms with Crippen molar-refractivity contribution >= 4 is 127 Å². The average Bonchev–Trinajstić information content (AvgIpc) is 4.25. The number of furan rings is 1. The molecule has 0 bridgehead atoms. The zero-order chi connectivity index (χ0) is 51.3. The van der Waals surface area contributed by atoms with Crippen molar-refractivity contribution in [3.63, 3.8) is 0 Å². The van der Waals surface area contributed by atoms with Crippen LogP contribution in [0, 0.1) is 0 Å². The molecular formula is C70H56BN3OS. The molecule has 3 aromatic heterocycles. The predicted molar refractivity (Wildman–Crippen MR) is 326 cm³/mol. The molecule has 12 aromatic rings. The molecule has 6 heterocycles. The monoisotopic (exact) mass is 997 g/mol. The molecule has 6 heteroatoms. The Balaban J connectivity index is 1.04. The minimum atomic E-state index is -0.181. The van der Waals surface area contributed by atoms with Crippen LogP contribution in [0.15, 0.2) is 187 Å². The first-order valence-electron chi connectivity index (χ1n) is 27.1. The summed E-state index contributed by atoms with van der Waals surface area (Å²) in [6.45, 7) is 21.4. The summed E-state index contributed by atoms with van der Waals surface area (Å²) in [4.78, 5) is 5.15. The molecule has 0 spiro atoms. The quantitative estimate of drug-likeness (QED) is 0.165. The number of fused-ring (bicyclic) bond motifs is 16. The van der Waals surface area contributed by atoms with Crippen LogP contribution in [0.1, 0.15) is 89.1 Å². The standard InChI is InChI=1S/C70H56BN3OS/c1-40-31-57(41-17-11-9-12-18-41)72(43-19-13-10-14-20-43)58-38-61-56(34-48(40)58)71-66-46(27-28-47-49-32-51-45-21-15-16-22-62(45)75-63(51)39-59(49)73(61)67(47)66)50-36-64-53(35-60(50)74(71)44-25-23-42(24-26-44)68(2,3)4)52-33-54-55(37-65(52)76-64)70(7,8)30-29-69(54,5)6/h9-28,31-39H,1,29-30H2,2-8H3. The Morgan fingerprint density at radius 3 is 2.01 bits per heavy atom. The van der Waals surface area contributed by atoms with Crippen LogP contribution in [0.25, 0.3) is 92.0 Å². The van der Waals surface area contributed by atoms with Crippen LogP contribution >= 0.6 is 11.3 Å². The minimum absolute atomic E-state index is 0.000597. The van der Waals surface area contributed by atoms with E-state index >= 15 is 0 Å². The Morgan fingerprint density at radius 1 is 0.553 bits per heavy atom. The van der Waals surface area contributed by atoms with Crippen molar-refractivity contribution in [2.45, 2.75) is 77.6 Å². The number of benzene rings is 9. The fraction of sp³-hybridized carbons (Fsp3) is 0.171. The Morgan fingerprint density at radius 2 is 1.25 bits per heavy atom. The Hall–Kier alpha value is -8.06. The summed E-state index contributed by atoms with van der Waals surface area (Å²) < 4.78 is 12.0. The van der Waals surface area contributed by atoms with E-state index in [4.69, 9.17) is 11.0 Å². The molecule has 4 aliphatic rings. The number of allylic oxidation sites excluding steroid dienone is 2. The maximum Gasteiger partial charge on any atom is 0.333 e. The average molecular weight is 998 g/mol. The fourth-order valence-corrected chi connectivity index (χ4v) is 15.1. The summed E-state index contributed by atoms with van der Waals surface area (Å²) >= 11 is 1.96. The molecule has 0 atom stereocenters. The summed E-state index contributed by atoms with van der Waals surface area (Å²) in [7, 11) is 0. The van der Waals surface area contributed by atoms with Crippen LogP contribution in [0.4, 0.5) is 22.7 Å². The molecule has 0 N–H and O–H groups in total. The third-order valence-electron chi connectivity index (χ3n) is 18.0. The third-order valence-corrected chi connectivity index (χ3v) is 19.1. The van der Waals surface area contributed by atoms with Crippen molar-refractivity contribution in [2.24, 2.45) is 0 Å². The first kappa shape index (κ1) is 44.3. The van der Waals surface area contributed by atoms with E-state index in [0.29, 0.717) is 0 Å². The van der Waals surface area contributed by atoms with Crippen molar-refractivity contribution in [3.05, 3.63) is 210 Å². The normalized spacial score (nSPS) is 16.2. The van der Waals surface area contributed by atoms with Gasteiger partial charge in [-0.2, -0.15) is 0 Å². The van der Waals surface area contributed by atoms with Crippen molar-refractivity contribution in [3.8, 4) is 16.8 Å². The second-order valence-electron chi connectivity index (χ2n) is 24.4. The first-order chi connectivity index (χ1) is 36.7. The molecule has 0 radical (unpaired) electrons. The summed E-state index contributed by atoms with van der Waals surface area (Å²) in [5.41, 5.74) is 24.0. The van der Waals surface area contributed by atoms with Gasteiger partial charge in [0.15, 0.2) is 0 Å². The van der Waals surface area contributed by atoms with E-state index in [1.165, 1.54) is 99.4 Å². The van der Waals surface area contributed by atoms with Crippen molar-refractivity contribution in [2.75, 3.05) is 9.71 Å². The van der Waals surface area contributed by atoms with Gasteiger partial charge in [-0.25, -0.2) is 0 Å². The van der Waals surface area contributed by atoms with Crippen molar-refractivity contribution in [1.29, 1.82) is 0 Å². The molecule has 76 heavy (non-hydrogen) atoms. The predicted octanol–water partition coefficient (Wildman–Crippen LogP) is 18.1. The molecule has 4 nitrogen and oxygen atoms in total. The van der Waals surface area contributed by atoms with Crippen LogP contribution in [0.2, 0.25) is 0 Å². The van der Waals surface area contributed by atoms with Crippen LogP contribution < -0.4 is 20.6 Å². The number of hydrogen-bond donors (Lipinski definition) is 0. The lowest BCUT2D eigenvalue weighted by Gasteiger charge is -2.43. The Labute approximate surface area is 447 Å². The van der Waals surface area contributed by atoms with Gasteiger partial charge in [-0.05, 0) is 146 Å². The van der Waals surface area contributed by atoms with E-state index in [0.717, 1.165) is 66.9 Å². The number of thiophene rings is 1. The molecule has 0 unspecified atom stereocenters. The molecule has 0 saturated carbocycles. The van der Waals surface area contributed by atoms with E-state index < -0.39 is 0 Å². The molecule has 3 aliphatic heterocycles. The lowest BCUT2D eigenvalue weighted by Crippen LogP contribution is -2.60. The molecule has 9 aromatic carbocycles. The molecule has 16 rings (SSSR count). The number of nitrogens with zero attached hydrogens (tertiary/aromatic N) is 3. The van der Waals surface area contributed by atoms with Crippen LogP contribution in [-0.4, -0.2) is 11.4 Å². The lowest BCUT2D eigenvalue weighted by atomic mass is 9.43. The molecule has 1 aliphatic carbocycles. The summed E-state index contributed by atoms with van der Waals surface area (Å²) in [5.74, 6) is 0. The third kappa shape index (κ3) is 6.02. The summed E-state index contributed by atoms with van der Waals surface area (Å²) in [6.07, 6.45) is 4.67. The highest BCUT2D eigenvalue weighted by Crippen LogP contribution is 2.54. The van der Waals surface area contributed by atoms with Crippen molar-refractivity contribution < 1.29 is 4.42 Å². The highest BCUT2D eigenvalue weighted by Gasteiger charge is 2.46. The van der Waals surface area contributed by atoms with Crippen LogP contribution in [0.5, 0.6) is 0 Å². The fourth-order valence-electron chi connectivity index (χ4n) is 13.9. The first-order valence-corrected chi connectivity index (χ1v) is 27.9. The SMILES string of the molecule is C=C1C=C(c2ccccc2)N(c2ccccc2)c2cc3c(cc21)B1c2c(ccc4c5cc6c(cc5n-3c24)oc2ccccc26)-c2cc3sc4cc5c(cc4c3cc2N1c1ccc(C(C)(C)C)cc1)C(C)(C)CCC5(C)C. The number of aromatic nitrogens is 1. The zero-order valence-electron chi connectivity index (χ0n) is 44.1. The van der Waals surface area contributed by atoms with E-state index in [2.05, 4.69) is 239 Å². The van der Waals surface area contributed by atoms with Gasteiger partial charge in [-0.15, -0.1) is 11.3 Å². The molecule has 0 saturated heterocycles. The van der Waals surface area contributed by atoms with Crippen LogP contribution in [-0.2, 0) is 16.2 Å². The number of para-hydroxylation sites is 2. The van der Waals surface area contributed by atoms with Gasteiger partial charge in [0.05, 0.1) is 22.4 Å². The van der Waals surface area contributed by atoms with Gasteiger partial charge in [0.25, 0.3) is 0 Å². The molecule has 0 fully saturated rings. The van der Waals surface area contributed by atoms with Gasteiger partial charge in [-0.1, -0.05) is 152 Å². The van der Waals surface area contributed by atoms with Crippen molar-refractivity contribution in [1.82, 2.24) is 4.57 Å². The largest absolute Gasteiger partial charge is 0.456 e. The summed E-state index contributed by atoms with van der Waals surface area (Å²) in [6, 6.07) is 64.4. The molecule has 0 amide bonds. The zero-order valence-corrected chi connectivity index (χ0v) is 44.9. The van der Waals surface area contributed by atoms with Gasteiger partial charge in [0.1, 0.15) is 11.2 Å². The number of anilines is 4. The molecule has 366 valence electrons. The number of hydrogen-bond acceptors (Lipinski definition) is 4. The smallest absolute Gasteiger partial charge is 0.333 e. The highest BCUT2D eigenvalue weighted by molar-refractivity contribution is 7.25. The van der Waals surface area contributed by atoms with Crippen LogP contribution in [0.3, 0.4) is 0 Å².